The molecule has 1 fully saturated rings. The van der Waals surface area contributed by atoms with Gasteiger partial charge in [-0.2, -0.15) is 0 Å². The molecule has 8 nitrogen and oxygen atoms in total. The minimum Gasteiger partial charge on any atom is -0.497 e. The molecule has 28 heavy (non-hydrogen) atoms. The Morgan fingerprint density at radius 1 is 1.00 bits per heavy atom. The molecule has 0 bridgehead atoms. The SMILES string of the molecule is COc1cc(OC)cc(C(=O)N2CCN(c3ccc4oc(=O)[nH]c4c3)CC2)c1. The molecule has 1 aromatic heterocycles. The number of hydrogen-bond acceptors (Lipinski definition) is 6. The zero-order chi connectivity index (χ0) is 19.7. The van der Waals surface area contributed by atoms with Gasteiger partial charge in [-0.1, -0.05) is 0 Å². The zero-order valence-electron chi connectivity index (χ0n) is 15.7. The highest BCUT2D eigenvalue weighted by atomic mass is 16.5. The van der Waals surface area contributed by atoms with Crippen molar-refractivity contribution in [2.75, 3.05) is 45.3 Å². The molecule has 1 amide bonds. The maximum absolute atomic E-state index is 12.9. The average molecular weight is 383 g/mol. The fraction of sp³-hybridized carbons (Fsp3) is 0.300. The number of aromatic nitrogens is 1. The van der Waals surface area contributed by atoms with Crippen molar-refractivity contribution < 1.29 is 18.7 Å². The molecule has 2 heterocycles. The fourth-order valence-corrected chi connectivity index (χ4v) is 3.42. The number of methoxy groups -OCH3 is 2. The number of nitrogens with one attached hydrogen (secondary N) is 1. The average Bonchev–Trinajstić information content (AvgIpc) is 3.12. The third-order valence-electron chi connectivity index (χ3n) is 4.93. The Hall–Kier alpha value is -3.42. The Labute approximate surface area is 161 Å². The summed E-state index contributed by atoms with van der Waals surface area (Å²) in [5, 5.41) is 0. The third kappa shape index (κ3) is 3.40. The van der Waals surface area contributed by atoms with Gasteiger partial charge in [-0.3, -0.25) is 9.78 Å². The number of carbonyl (C=O) groups is 1. The number of rotatable bonds is 4. The molecule has 3 aromatic rings. The van der Waals surface area contributed by atoms with Gasteiger partial charge in [0.1, 0.15) is 11.5 Å². The molecule has 146 valence electrons. The van der Waals surface area contributed by atoms with Crippen LogP contribution in [-0.2, 0) is 0 Å². The predicted octanol–water partition coefficient (Wildman–Crippen LogP) is 2.10. The number of aromatic amines is 1. The summed E-state index contributed by atoms with van der Waals surface area (Å²) in [6.07, 6.45) is 0. The Balaban J connectivity index is 1.47. The number of benzene rings is 2. The molecule has 0 spiro atoms. The van der Waals surface area contributed by atoms with Crippen LogP contribution in [0.2, 0.25) is 0 Å². The molecule has 1 saturated heterocycles. The number of amides is 1. The smallest absolute Gasteiger partial charge is 0.417 e. The van der Waals surface area contributed by atoms with E-state index in [4.69, 9.17) is 13.9 Å². The lowest BCUT2D eigenvalue weighted by Crippen LogP contribution is -2.48. The number of ether oxygens (including phenoxy) is 2. The van der Waals surface area contributed by atoms with Gasteiger partial charge in [-0.25, -0.2) is 4.79 Å². The van der Waals surface area contributed by atoms with E-state index in [0.717, 1.165) is 5.69 Å². The lowest BCUT2D eigenvalue weighted by molar-refractivity contribution is 0.0746. The molecule has 2 aromatic carbocycles. The van der Waals surface area contributed by atoms with Gasteiger partial charge in [0.25, 0.3) is 5.91 Å². The highest BCUT2D eigenvalue weighted by molar-refractivity contribution is 5.95. The number of H-pyrrole nitrogens is 1. The lowest BCUT2D eigenvalue weighted by Gasteiger charge is -2.36. The lowest BCUT2D eigenvalue weighted by atomic mass is 10.1. The largest absolute Gasteiger partial charge is 0.497 e. The van der Waals surface area contributed by atoms with E-state index < -0.39 is 5.76 Å². The highest BCUT2D eigenvalue weighted by Crippen LogP contribution is 2.25. The van der Waals surface area contributed by atoms with Gasteiger partial charge in [-0.05, 0) is 30.3 Å². The van der Waals surface area contributed by atoms with E-state index in [1.54, 1.807) is 38.5 Å². The normalized spacial score (nSPS) is 14.4. The molecule has 0 aliphatic carbocycles. The summed E-state index contributed by atoms with van der Waals surface area (Å²) in [4.78, 5) is 30.9. The number of hydrogen-bond donors (Lipinski definition) is 1. The maximum atomic E-state index is 12.9. The second-order valence-electron chi connectivity index (χ2n) is 6.58. The van der Waals surface area contributed by atoms with Crippen molar-refractivity contribution in [3.63, 3.8) is 0 Å². The van der Waals surface area contributed by atoms with Crippen LogP contribution in [0.4, 0.5) is 5.69 Å². The van der Waals surface area contributed by atoms with E-state index >= 15 is 0 Å². The third-order valence-corrected chi connectivity index (χ3v) is 4.93. The van der Waals surface area contributed by atoms with Crippen LogP contribution in [0.25, 0.3) is 11.1 Å². The van der Waals surface area contributed by atoms with Crippen LogP contribution in [0.3, 0.4) is 0 Å². The zero-order valence-corrected chi connectivity index (χ0v) is 15.7. The van der Waals surface area contributed by atoms with E-state index in [-0.39, 0.29) is 5.91 Å². The van der Waals surface area contributed by atoms with E-state index in [1.165, 1.54) is 0 Å². The minimum absolute atomic E-state index is 0.0496. The summed E-state index contributed by atoms with van der Waals surface area (Å²) in [6, 6.07) is 10.8. The molecule has 1 N–H and O–H groups in total. The molecule has 0 atom stereocenters. The summed E-state index contributed by atoms with van der Waals surface area (Å²) in [6.45, 7) is 2.58. The van der Waals surface area contributed by atoms with Crippen LogP contribution in [0, 0.1) is 0 Å². The fourth-order valence-electron chi connectivity index (χ4n) is 3.42. The minimum atomic E-state index is -0.462. The van der Waals surface area contributed by atoms with Crippen LogP contribution in [0.1, 0.15) is 10.4 Å². The van der Waals surface area contributed by atoms with Gasteiger partial charge in [0.05, 0.1) is 19.7 Å². The van der Waals surface area contributed by atoms with Gasteiger partial charge >= 0.3 is 5.76 Å². The number of piperazine rings is 1. The summed E-state index contributed by atoms with van der Waals surface area (Å²) in [5.74, 6) is 0.662. The number of nitrogens with zero attached hydrogens (tertiary/aromatic N) is 2. The Morgan fingerprint density at radius 3 is 2.32 bits per heavy atom. The predicted molar refractivity (Wildman–Crippen MR) is 104 cm³/mol. The summed E-state index contributed by atoms with van der Waals surface area (Å²) >= 11 is 0. The van der Waals surface area contributed by atoms with Crippen molar-refractivity contribution in [3.8, 4) is 11.5 Å². The van der Waals surface area contributed by atoms with Crippen LogP contribution in [-0.4, -0.2) is 56.2 Å². The topological polar surface area (TPSA) is 88.0 Å². The Morgan fingerprint density at radius 2 is 1.68 bits per heavy atom. The Kier molecular flexibility index (Phi) is 4.68. The summed E-state index contributed by atoms with van der Waals surface area (Å²) in [5.41, 5.74) is 2.74. The van der Waals surface area contributed by atoms with Crippen molar-refractivity contribution >= 4 is 22.7 Å². The number of oxazole rings is 1. The summed E-state index contributed by atoms with van der Waals surface area (Å²) in [7, 11) is 3.12. The van der Waals surface area contributed by atoms with Crippen molar-refractivity contribution in [1.82, 2.24) is 9.88 Å². The monoisotopic (exact) mass is 383 g/mol. The van der Waals surface area contributed by atoms with Gasteiger partial charge < -0.3 is 23.7 Å². The summed E-state index contributed by atoms with van der Waals surface area (Å²) < 4.78 is 15.6. The van der Waals surface area contributed by atoms with Crippen LogP contribution in [0.5, 0.6) is 11.5 Å². The second kappa shape index (κ2) is 7.30. The molecule has 8 heteroatoms. The first-order chi connectivity index (χ1) is 13.6. The molecule has 4 rings (SSSR count). The quantitative estimate of drug-likeness (QED) is 0.742. The van der Waals surface area contributed by atoms with E-state index in [1.807, 2.05) is 17.0 Å². The van der Waals surface area contributed by atoms with Crippen LogP contribution >= 0.6 is 0 Å². The second-order valence-corrected chi connectivity index (χ2v) is 6.58. The van der Waals surface area contributed by atoms with Gasteiger partial charge in [-0.15, -0.1) is 0 Å². The van der Waals surface area contributed by atoms with Crippen molar-refractivity contribution in [3.05, 3.63) is 52.5 Å². The van der Waals surface area contributed by atoms with Crippen LogP contribution in [0.15, 0.2) is 45.6 Å². The highest BCUT2D eigenvalue weighted by Gasteiger charge is 2.23. The van der Waals surface area contributed by atoms with Gasteiger partial charge in [0.15, 0.2) is 5.58 Å². The molecular weight excluding hydrogens is 362 g/mol. The maximum Gasteiger partial charge on any atom is 0.417 e. The molecule has 0 unspecified atom stereocenters. The van der Waals surface area contributed by atoms with E-state index in [0.29, 0.717) is 54.3 Å². The first-order valence-corrected chi connectivity index (χ1v) is 8.97. The first kappa shape index (κ1) is 18.0. The van der Waals surface area contributed by atoms with Crippen LogP contribution < -0.4 is 20.1 Å². The number of carbonyl (C=O) groups excluding carboxylic acids is 1. The van der Waals surface area contributed by atoms with E-state index in [9.17, 15) is 9.59 Å². The molecule has 0 radical (unpaired) electrons. The molecular formula is C20H21N3O5. The molecule has 1 aliphatic rings. The molecule has 0 saturated carbocycles. The molecule has 1 aliphatic heterocycles. The number of anilines is 1. The first-order valence-electron chi connectivity index (χ1n) is 8.97. The Bertz CT molecular complexity index is 1040. The number of fused-ring (bicyclic) bond motifs is 1. The van der Waals surface area contributed by atoms with Gasteiger partial charge in [0.2, 0.25) is 0 Å². The van der Waals surface area contributed by atoms with Gasteiger partial charge in [0, 0.05) is 43.5 Å². The van der Waals surface area contributed by atoms with Crippen molar-refractivity contribution in [2.45, 2.75) is 0 Å². The standard InChI is InChI=1S/C20H21N3O5/c1-26-15-9-13(10-16(12-15)27-2)19(24)23-7-5-22(6-8-23)14-3-4-18-17(11-14)21-20(25)28-18/h3-4,9-12H,5-8H2,1-2H3,(H,21,25). The van der Waals surface area contributed by atoms with Crippen molar-refractivity contribution in [2.24, 2.45) is 0 Å². The van der Waals surface area contributed by atoms with Crippen molar-refractivity contribution in [1.29, 1.82) is 0 Å². The van der Waals surface area contributed by atoms with E-state index in [2.05, 4.69) is 9.88 Å².